The smallest absolute Gasteiger partial charge is 0.281 e. The third-order valence-electron chi connectivity index (χ3n) is 3.78. The molecular weight excluding hydrogens is 284 g/mol. The van der Waals surface area contributed by atoms with Crippen LogP contribution in [0.25, 0.3) is 0 Å². The number of nitrogens with two attached hydrogens (primary N) is 1. The van der Waals surface area contributed by atoms with Crippen LogP contribution >= 0.6 is 0 Å². The van der Waals surface area contributed by atoms with Crippen molar-refractivity contribution in [2.45, 2.75) is 6.04 Å². The molecule has 2 aliphatic heterocycles. The van der Waals surface area contributed by atoms with Gasteiger partial charge in [0, 0.05) is 46.3 Å². The molecule has 0 aliphatic carbocycles. The van der Waals surface area contributed by atoms with Gasteiger partial charge in [0.05, 0.1) is 19.1 Å². The maximum atomic E-state index is 12.3. The lowest BCUT2D eigenvalue weighted by atomic mass is 10.0. The maximum Gasteiger partial charge on any atom is 0.281 e. The zero-order valence-electron chi connectivity index (χ0n) is 11.9. The van der Waals surface area contributed by atoms with E-state index >= 15 is 0 Å². The molecule has 2 aliphatic rings. The molecule has 0 saturated carbocycles. The molecule has 2 saturated heterocycles. The lowest BCUT2D eigenvalue weighted by molar-refractivity contribution is -0.137. The van der Waals surface area contributed by atoms with Crippen molar-refractivity contribution in [3.63, 3.8) is 0 Å². The Morgan fingerprint density at radius 2 is 1.80 bits per heavy atom. The van der Waals surface area contributed by atoms with Gasteiger partial charge in [-0.1, -0.05) is 0 Å². The Morgan fingerprint density at radius 3 is 2.25 bits per heavy atom. The molecule has 2 N–H and O–H groups in total. The van der Waals surface area contributed by atoms with E-state index in [-0.39, 0.29) is 17.9 Å². The van der Waals surface area contributed by atoms with Crippen LogP contribution in [-0.2, 0) is 19.7 Å². The SMILES string of the molecule is CN(C)S(=O)(=O)N1CCN(C(=O)C2COCC2N)CC1. The Balaban J connectivity index is 1.93. The van der Waals surface area contributed by atoms with Crippen molar-refractivity contribution >= 4 is 16.1 Å². The number of hydrogen-bond donors (Lipinski definition) is 1. The van der Waals surface area contributed by atoms with E-state index in [0.29, 0.717) is 39.4 Å². The molecule has 2 fully saturated rings. The summed E-state index contributed by atoms with van der Waals surface area (Å²) >= 11 is 0. The van der Waals surface area contributed by atoms with Crippen molar-refractivity contribution in [3.8, 4) is 0 Å². The largest absolute Gasteiger partial charge is 0.379 e. The summed E-state index contributed by atoms with van der Waals surface area (Å²) in [5.41, 5.74) is 5.84. The first-order valence-corrected chi connectivity index (χ1v) is 8.03. The Hall–Kier alpha value is -0.740. The highest BCUT2D eigenvalue weighted by atomic mass is 32.2. The van der Waals surface area contributed by atoms with Gasteiger partial charge in [-0.3, -0.25) is 4.79 Å². The number of hydrogen-bond acceptors (Lipinski definition) is 5. The van der Waals surface area contributed by atoms with Gasteiger partial charge in [-0.15, -0.1) is 0 Å². The second-order valence-corrected chi connectivity index (χ2v) is 7.46. The molecule has 2 heterocycles. The first-order chi connectivity index (χ1) is 9.34. The van der Waals surface area contributed by atoms with E-state index in [1.54, 1.807) is 4.90 Å². The number of ether oxygens (including phenoxy) is 1. The lowest BCUT2D eigenvalue weighted by Gasteiger charge is -2.36. The van der Waals surface area contributed by atoms with Crippen molar-refractivity contribution in [1.82, 2.24) is 13.5 Å². The van der Waals surface area contributed by atoms with E-state index in [1.165, 1.54) is 22.7 Å². The minimum atomic E-state index is -3.40. The molecule has 20 heavy (non-hydrogen) atoms. The van der Waals surface area contributed by atoms with Gasteiger partial charge in [-0.05, 0) is 0 Å². The number of carbonyl (C=O) groups excluding carboxylic acids is 1. The van der Waals surface area contributed by atoms with Crippen LogP contribution < -0.4 is 5.73 Å². The standard InChI is InChI=1S/C11H22N4O4S/c1-13(2)20(17,18)15-5-3-14(4-6-15)11(16)9-7-19-8-10(9)12/h9-10H,3-8,12H2,1-2H3. The third-order valence-corrected chi connectivity index (χ3v) is 5.72. The average molecular weight is 306 g/mol. The second-order valence-electron chi connectivity index (χ2n) is 5.32. The van der Waals surface area contributed by atoms with E-state index in [2.05, 4.69) is 0 Å². The number of piperazine rings is 1. The van der Waals surface area contributed by atoms with Gasteiger partial charge in [0.2, 0.25) is 5.91 Å². The summed E-state index contributed by atoms with van der Waals surface area (Å²) in [5, 5.41) is 0. The summed E-state index contributed by atoms with van der Waals surface area (Å²) in [6.07, 6.45) is 0. The van der Waals surface area contributed by atoms with Gasteiger partial charge in [-0.25, -0.2) is 0 Å². The molecule has 0 spiro atoms. The average Bonchev–Trinajstić information content (AvgIpc) is 2.84. The molecular formula is C11H22N4O4S. The Kier molecular flexibility index (Phi) is 4.65. The minimum Gasteiger partial charge on any atom is -0.379 e. The summed E-state index contributed by atoms with van der Waals surface area (Å²) in [7, 11) is -0.396. The molecule has 2 atom stereocenters. The van der Waals surface area contributed by atoms with Crippen molar-refractivity contribution in [2.24, 2.45) is 11.7 Å². The third kappa shape index (κ3) is 2.96. The molecule has 9 heteroatoms. The van der Waals surface area contributed by atoms with E-state index in [4.69, 9.17) is 10.5 Å². The number of amides is 1. The summed E-state index contributed by atoms with van der Waals surface area (Å²) in [5.74, 6) is -0.330. The van der Waals surface area contributed by atoms with Gasteiger partial charge < -0.3 is 15.4 Å². The van der Waals surface area contributed by atoms with Crippen molar-refractivity contribution in [1.29, 1.82) is 0 Å². The van der Waals surface area contributed by atoms with Crippen molar-refractivity contribution in [3.05, 3.63) is 0 Å². The van der Waals surface area contributed by atoms with Crippen LogP contribution in [0.3, 0.4) is 0 Å². The van der Waals surface area contributed by atoms with E-state index in [9.17, 15) is 13.2 Å². The summed E-state index contributed by atoms with van der Waals surface area (Å²) in [6, 6.07) is -0.258. The first-order valence-electron chi connectivity index (χ1n) is 6.63. The summed E-state index contributed by atoms with van der Waals surface area (Å²) < 4.78 is 31.7. The van der Waals surface area contributed by atoms with Crippen molar-refractivity contribution in [2.75, 3.05) is 53.5 Å². The molecule has 2 unspecified atom stereocenters. The van der Waals surface area contributed by atoms with Crippen LogP contribution in [0, 0.1) is 5.92 Å². The van der Waals surface area contributed by atoms with E-state index in [0.717, 1.165) is 0 Å². The molecule has 1 amide bonds. The Labute approximate surface area is 119 Å². The second kappa shape index (κ2) is 5.94. The van der Waals surface area contributed by atoms with Crippen LogP contribution in [0.5, 0.6) is 0 Å². The lowest BCUT2D eigenvalue weighted by Crippen LogP contribution is -2.55. The Bertz CT molecular complexity index is 459. The molecule has 0 aromatic heterocycles. The van der Waals surface area contributed by atoms with Gasteiger partial charge in [0.1, 0.15) is 0 Å². The predicted molar refractivity (Wildman–Crippen MR) is 73.0 cm³/mol. The van der Waals surface area contributed by atoms with Crippen LogP contribution in [0.4, 0.5) is 0 Å². The molecule has 0 radical (unpaired) electrons. The van der Waals surface area contributed by atoms with Crippen LogP contribution in [0.2, 0.25) is 0 Å². The Morgan fingerprint density at radius 1 is 1.20 bits per heavy atom. The van der Waals surface area contributed by atoms with Gasteiger partial charge >= 0.3 is 0 Å². The number of nitrogens with zero attached hydrogens (tertiary/aromatic N) is 3. The van der Waals surface area contributed by atoms with Crippen LogP contribution in [-0.4, -0.2) is 87.4 Å². The van der Waals surface area contributed by atoms with Crippen molar-refractivity contribution < 1.29 is 17.9 Å². The van der Waals surface area contributed by atoms with Gasteiger partial charge in [-0.2, -0.15) is 17.0 Å². The molecule has 0 bridgehead atoms. The monoisotopic (exact) mass is 306 g/mol. The minimum absolute atomic E-state index is 0.0306. The summed E-state index contributed by atoms with van der Waals surface area (Å²) in [4.78, 5) is 14.0. The van der Waals surface area contributed by atoms with Crippen LogP contribution in [0.1, 0.15) is 0 Å². The number of rotatable bonds is 3. The van der Waals surface area contributed by atoms with Gasteiger partial charge in [0.15, 0.2) is 0 Å². The topological polar surface area (TPSA) is 96.2 Å². The van der Waals surface area contributed by atoms with Crippen LogP contribution in [0.15, 0.2) is 0 Å². The fourth-order valence-corrected chi connectivity index (χ4v) is 3.52. The maximum absolute atomic E-state index is 12.3. The van der Waals surface area contributed by atoms with E-state index < -0.39 is 10.2 Å². The fraction of sp³-hybridized carbons (Fsp3) is 0.909. The first kappa shape index (κ1) is 15.6. The zero-order chi connectivity index (χ0) is 14.9. The van der Waals surface area contributed by atoms with Gasteiger partial charge in [0.25, 0.3) is 10.2 Å². The highest BCUT2D eigenvalue weighted by Gasteiger charge is 2.37. The molecule has 8 nitrogen and oxygen atoms in total. The number of carbonyl (C=O) groups is 1. The molecule has 116 valence electrons. The molecule has 0 aromatic rings. The van der Waals surface area contributed by atoms with E-state index in [1.807, 2.05) is 0 Å². The normalized spacial score (nSPS) is 29.1. The summed E-state index contributed by atoms with van der Waals surface area (Å²) in [6.45, 7) is 2.19. The highest BCUT2D eigenvalue weighted by molar-refractivity contribution is 7.86. The fourth-order valence-electron chi connectivity index (χ4n) is 2.43. The quantitative estimate of drug-likeness (QED) is 0.645. The predicted octanol–water partition coefficient (Wildman–Crippen LogP) is -2.09. The molecule has 0 aromatic carbocycles. The molecule has 2 rings (SSSR count). The highest BCUT2D eigenvalue weighted by Crippen LogP contribution is 2.17. The zero-order valence-corrected chi connectivity index (χ0v) is 12.7.